The Morgan fingerprint density at radius 1 is 1.00 bits per heavy atom. The average molecular weight is 252 g/mol. The van der Waals surface area contributed by atoms with Gasteiger partial charge in [-0.2, -0.15) is 9.90 Å². The Morgan fingerprint density at radius 3 is 1.00 bits per heavy atom. The molecule has 0 aliphatic rings. The van der Waals surface area contributed by atoms with Crippen LogP contribution >= 0.6 is 9.90 Å². The van der Waals surface area contributed by atoms with Gasteiger partial charge in [-0.1, -0.05) is 0 Å². The van der Waals surface area contributed by atoms with Crippen molar-refractivity contribution in [3.05, 3.63) is 0 Å². The molecule has 0 fully saturated rings. The van der Waals surface area contributed by atoms with Crippen molar-refractivity contribution < 1.29 is 54.9 Å². The quantitative estimate of drug-likeness (QED) is 0.422. The summed E-state index contributed by atoms with van der Waals surface area (Å²) >= 11 is 0. The van der Waals surface area contributed by atoms with Crippen LogP contribution in [0, 0.1) is 0 Å². The van der Waals surface area contributed by atoms with Crippen LogP contribution in [0.4, 0.5) is 0 Å². The molecule has 4 heavy (non-hydrogen) atoms. The van der Waals surface area contributed by atoms with Crippen LogP contribution in [0.25, 0.3) is 0 Å². The third kappa shape index (κ3) is 8.91. The molecule has 0 nitrogen and oxygen atoms in total. The molecule has 0 rings (SSSR count). The second-order valence-corrected chi connectivity index (χ2v) is 0. The summed E-state index contributed by atoms with van der Waals surface area (Å²) in [5, 5.41) is 0. The first-order valence-electron chi connectivity index (χ1n) is 0. The van der Waals surface area contributed by atoms with Gasteiger partial charge in [-0.05, 0) is 0 Å². The Morgan fingerprint density at radius 2 is 1.00 bits per heavy atom. The zero-order valence-corrected chi connectivity index (χ0v) is 7.15. The van der Waals surface area contributed by atoms with E-state index in [0.29, 0.717) is 0 Å². The first-order valence-corrected chi connectivity index (χ1v) is 0. The van der Waals surface area contributed by atoms with Crippen LogP contribution in [-0.4, -0.2) is 0 Å². The molecule has 0 spiro atoms. The van der Waals surface area contributed by atoms with E-state index >= 15 is 0 Å². The minimum atomic E-state index is 0. The van der Waals surface area contributed by atoms with E-state index in [1.807, 2.05) is 0 Å². The Hall–Kier alpha value is 2.14. The van der Waals surface area contributed by atoms with Crippen molar-refractivity contribution in [3.63, 3.8) is 0 Å². The van der Waals surface area contributed by atoms with Gasteiger partial charge < -0.3 is 0 Å². The maximum absolute atomic E-state index is 0. The van der Waals surface area contributed by atoms with E-state index in [2.05, 4.69) is 0 Å². The summed E-state index contributed by atoms with van der Waals surface area (Å²) in [4.78, 5) is 0. The Kier molecular flexibility index (Phi) is 170. The summed E-state index contributed by atoms with van der Waals surface area (Å²) in [5.74, 6) is 0. The summed E-state index contributed by atoms with van der Waals surface area (Å²) in [6.07, 6.45) is 0. The molecule has 0 aliphatic heterocycles. The third-order valence-corrected chi connectivity index (χ3v) is 0. The predicted molar refractivity (Wildman–Crippen MR) is 11.1 cm³/mol. The fourth-order valence-electron chi connectivity index (χ4n) is 0. The fourth-order valence-corrected chi connectivity index (χ4v) is 0. The topological polar surface area (TPSA) is 0 Å². The molecular weight excluding hydrogens is 249 g/mol. The molecule has 0 aromatic heterocycles. The van der Waals surface area contributed by atoms with E-state index in [1.54, 1.807) is 0 Å². The molecule has 2 radical (unpaired) electrons. The minimum Gasteiger partial charge on any atom is -0.153 e. The van der Waals surface area contributed by atoms with Gasteiger partial charge in [-0.25, -0.2) is 0 Å². The van der Waals surface area contributed by atoms with Gasteiger partial charge in [0, 0.05) is 54.9 Å². The Bertz CT molecular complexity index is 8.00. The first-order chi connectivity index (χ1) is 0. The van der Waals surface area contributed by atoms with E-state index in [4.69, 9.17) is 0 Å². The van der Waals surface area contributed by atoms with Gasteiger partial charge in [-0.3, -0.25) is 0 Å². The SMILES string of the molecule is P.[Co].[Cu].[Mo]. The van der Waals surface area contributed by atoms with Crippen LogP contribution in [0.5, 0.6) is 0 Å². The predicted octanol–water partition coefficient (Wildman–Crippen LogP) is 0.0506. The largest absolute Gasteiger partial charge is 0.153 e. The van der Waals surface area contributed by atoms with Crippen LogP contribution in [0.15, 0.2) is 0 Å². The van der Waals surface area contributed by atoms with Gasteiger partial charge in [0.15, 0.2) is 0 Å². The maximum atomic E-state index is 0. The Labute approximate surface area is 64.4 Å². The van der Waals surface area contributed by atoms with Gasteiger partial charge in [-0.15, -0.1) is 0 Å². The smallest absolute Gasteiger partial charge is 0 e. The van der Waals surface area contributed by atoms with Crippen LogP contribution in [0.1, 0.15) is 0 Å². The van der Waals surface area contributed by atoms with E-state index in [9.17, 15) is 0 Å². The van der Waals surface area contributed by atoms with Crippen molar-refractivity contribution in [1.82, 2.24) is 0 Å². The second-order valence-electron chi connectivity index (χ2n) is 0. The van der Waals surface area contributed by atoms with Crippen molar-refractivity contribution in [1.29, 1.82) is 0 Å². The average Bonchev–Trinajstić information content (AvgIpc) is 0. The second kappa shape index (κ2) is 19.2. The molecule has 4 heteroatoms. The van der Waals surface area contributed by atoms with Crippen molar-refractivity contribution in [3.8, 4) is 0 Å². The zero-order chi connectivity index (χ0) is 0. The maximum Gasteiger partial charge on any atom is 0 e. The summed E-state index contributed by atoms with van der Waals surface area (Å²) < 4.78 is 0. The molecule has 0 amide bonds. The molecule has 0 saturated carbocycles. The number of hydrogen-bond donors (Lipinski definition) is 0. The molecule has 0 saturated heterocycles. The molecule has 0 N–H and O–H groups in total. The standard InChI is InChI=1S/Co.Cu.Mo.H3P/h;;;1H3. The van der Waals surface area contributed by atoms with Crippen molar-refractivity contribution in [2.75, 3.05) is 0 Å². The van der Waals surface area contributed by atoms with Gasteiger partial charge in [0.25, 0.3) is 0 Å². The van der Waals surface area contributed by atoms with E-state index in [1.165, 1.54) is 0 Å². The summed E-state index contributed by atoms with van der Waals surface area (Å²) in [6, 6.07) is 0. The monoisotopic (exact) mass is 254 g/mol. The zero-order valence-electron chi connectivity index (χ0n) is 1.75. The molecule has 0 aromatic carbocycles. The van der Waals surface area contributed by atoms with Crippen molar-refractivity contribution in [2.45, 2.75) is 0 Å². The van der Waals surface area contributed by atoms with Crippen molar-refractivity contribution in [2.24, 2.45) is 0 Å². The molecule has 1 unspecified atom stereocenters. The van der Waals surface area contributed by atoms with E-state index in [-0.39, 0.29) is 64.8 Å². The van der Waals surface area contributed by atoms with Crippen LogP contribution in [0.2, 0.25) is 0 Å². The number of rotatable bonds is 0. The number of hydrogen-bond acceptors (Lipinski definition) is 0. The van der Waals surface area contributed by atoms with E-state index in [0.717, 1.165) is 0 Å². The van der Waals surface area contributed by atoms with Gasteiger partial charge in [0.05, 0.1) is 0 Å². The molecule has 0 bridgehead atoms. The van der Waals surface area contributed by atoms with Gasteiger partial charge in [0.1, 0.15) is 0 Å². The molecule has 0 aromatic rings. The molecule has 0 aliphatic carbocycles. The molecule has 34 valence electrons. The van der Waals surface area contributed by atoms with Crippen LogP contribution in [0.3, 0.4) is 0 Å². The molecular formula is H3CoCuMoP. The summed E-state index contributed by atoms with van der Waals surface area (Å²) in [5.41, 5.74) is 0. The minimum absolute atomic E-state index is 0. The Balaban J connectivity index is 0. The molecule has 1 atom stereocenters. The van der Waals surface area contributed by atoms with Crippen LogP contribution < -0.4 is 0 Å². The summed E-state index contributed by atoms with van der Waals surface area (Å²) in [6.45, 7) is 0. The fraction of sp³-hybridized carbons (Fsp3) is 0. The molecule has 0 heterocycles. The third-order valence-electron chi connectivity index (χ3n) is 0. The van der Waals surface area contributed by atoms with Crippen LogP contribution in [-0.2, 0) is 54.9 Å². The summed E-state index contributed by atoms with van der Waals surface area (Å²) in [7, 11) is 0. The van der Waals surface area contributed by atoms with Gasteiger partial charge in [0.2, 0.25) is 0 Å². The van der Waals surface area contributed by atoms with Crippen molar-refractivity contribution >= 4 is 9.90 Å². The normalized spacial score (nSPS) is 0. The van der Waals surface area contributed by atoms with E-state index < -0.39 is 0 Å². The first kappa shape index (κ1) is 35.4. The van der Waals surface area contributed by atoms with Gasteiger partial charge >= 0.3 is 0 Å².